The van der Waals surface area contributed by atoms with Crippen LogP contribution in [0.2, 0.25) is 0 Å². The largest absolute Gasteiger partial charge is 0.508 e. The van der Waals surface area contributed by atoms with Crippen molar-refractivity contribution in [2.75, 3.05) is 26.4 Å². The molecule has 0 spiro atoms. The molecule has 34 heavy (non-hydrogen) atoms. The molecule has 2 aromatic carbocycles. The summed E-state index contributed by atoms with van der Waals surface area (Å²) in [6, 6.07) is 14.7. The molecule has 0 amide bonds. The van der Waals surface area contributed by atoms with Gasteiger partial charge in [0.1, 0.15) is 43.3 Å². The van der Waals surface area contributed by atoms with E-state index in [1.165, 1.54) is 0 Å². The second-order valence-corrected chi connectivity index (χ2v) is 8.60. The van der Waals surface area contributed by atoms with Gasteiger partial charge in [0.25, 0.3) is 0 Å². The van der Waals surface area contributed by atoms with Crippen molar-refractivity contribution in [3.63, 3.8) is 0 Å². The average molecular weight is 469 g/mol. The van der Waals surface area contributed by atoms with Crippen molar-refractivity contribution in [1.29, 1.82) is 0 Å². The highest BCUT2D eigenvalue weighted by atomic mass is 16.7. The van der Waals surface area contributed by atoms with Gasteiger partial charge in [0.05, 0.1) is 5.92 Å². The molecule has 0 N–H and O–H groups in total. The van der Waals surface area contributed by atoms with Crippen LogP contribution < -0.4 is 9.47 Å². The second-order valence-electron chi connectivity index (χ2n) is 8.60. The second kappa shape index (κ2) is 10.9. The molecule has 0 aromatic heterocycles. The van der Waals surface area contributed by atoms with E-state index in [2.05, 4.69) is 6.58 Å². The van der Waals surface area contributed by atoms with Crippen molar-refractivity contribution in [3.05, 3.63) is 60.7 Å². The van der Waals surface area contributed by atoms with Gasteiger partial charge in [-0.25, -0.2) is 9.59 Å². The first-order chi connectivity index (χ1) is 16.2. The lowest BCUT2D eigenvalue weighted by Gasteiger charge is -2.34. The zero-order valence-corrected chi connectivity index (χ0v) is 19.5. The van der Waals surface area contributed by atoms with E-state index in [1.807, 2.05) is 36.4 Å². The fourth-order valence-electron chi connectivity index (χ4n) is 2.99. The van der Waals surface area contributed by atoms with Gasteiger partial charge in [-0.05, 0) is 42.3 Å². The number of esters is 2. The molecular weight excluding hydrogens is 440 g/mol. The van der Waals surface area contributed by atoms with Gasteiger partial charge >= 0.3 is 18.1 Å². The lowest BCUT2D eigenvalue weighted by Crippen LogP contribution is -2.47. The van der Waals surface area contributed by atoms with E-state index in [9.17, 15) is 14.4 Å². The van der Waals surface area contributed by atoms with Crippen LogP contribution in [-0.4, -0.2) is 44.5 Å². The molecule has 180 valence electrons. The Balaban J connectivity index is 1.62. The number of ether oxygens (including phenoxy) is 5. The Bertz CT molecular complexity index is 1030. The molecule has 0 radical (unpaired) electrons. The highest BCUT2D eigenvalue weighted by Gasteiger charge is 2.40. The van der Waals surface area contributed by atoms with E-state index in [4.69, 9.17) is 23.7 Å². The minimum atomic E-state index is -0.832. The number of rotatable bonds is 9. The summed E-state index contributed by atoms with van der Waals surface area (Å²) in [5.41, 5.74) is 1.34. The normalized spacial score (nSPS) is 14.5. The maximum atomic E-state index is 11.8. The Kier molecular flexibility index (Phi) is 7.94. The number of benzene rings is 2. The lowest BCUT2D eigenvalue weighted by atomic mass is 9.91. The van der Waals surface area contributed by atoms with E-state index in [0.29, 0.717) is 11.5 Å². The van der Waals surface area contributed by atoms with Crippen LogP contribution in [0.15, 0.2) is 60.7 Å². The predicted molar refractivity (Wildman–Crippen MR) is 123 cm³/mol. The molecular formula is C26H28O8. The third-order valence-corrected chi connectivity index (χ3v) is 5.13. The van der Waals surface area contributed by atoms with Crippen LogP contribution in [-0.2, 0) is 23.8 Å². The van der Waals surface area contributed by atoms with Crippen molar-refractivity contribution >= 4 is 18.1 Å². The number of carbonyl (C=O) groups excluding carboxylic acids is 3. The number of cyclic esters (lactones) is 2. The van der Waals surface area contributed by atoms with Crippen LogP contribution in [0.25, 0.3) is 11.1 Å². The third kappa shape index (κ3) is 6.60. The molecule has 8 nitrogen and oxygen atoms in total. The molecule has 0 unspecified atom stereocenters. The van der Waals surface area contributed by atoms with Gasteiger partial charge in [0.15, 0.2) is 0 Å². The molecule has 1 heterocycles. The molecule has 1 aliphatic rings. The van der Waals surface area contributed by atoms with Gasteiger partial charge in [0, 0.05) is 5.57 Å². The van der Waals surface area contributed by atoms with Gasteiger partial charge in [-0.15, -0.1) is 0 Å². The van der Waals surface area contributed by atoms with E-state index < -0.39 is 17.5 Å². The van der Waals surface area contributed by atoms with E-state index in [0.717, 1.165) is 11.1 Å². The lowest BCUT2D eigenvalue weighted by molar-refractivity contribution is -0.151. The zero-order chi connectivity index (χ0) is 24.7. The van der Waals surface area contributed by atoms with E-state index >= 15 is 0 Å². The Labute approximate surface area is 198 Å². The molecule has 3 rings (SSSR count). The summed E-state index contributed by atoms with van der Waals surface area (Å²) in [5, 5.41) is 0. The molecule has 0 atom stereocenters. The molecule has 1 saturated heterocycles. The number of hydrogen-bond acceptors (Lipinski definition) is 8. The first-order valence-electron chi connectivity index (χ1n) is 10.8. The molecule has 0 saturated carbocycles. The van der Waals surface area contributed by atoms with Gasteiger partial charge in [-0.1, -0.05) is 44.7 Å². The first kappa shape index (κ1) is 24.8. The molecule has 1 fully saturated rings. The quantitative estimate of drug-likeness (QED) is 0.300. The fourth-order valence-corrected chi connectivity index (χ4v) is 2.99. The van der Waals surface area contributed by atoms with Crippen LogP contribution in [0.5, 0.6) is 11.5 Å². The molecule has 8 heteroatoms. The van der Waals surface area contributed by atoms with Crippen molar-refractivity contribution in [2.24, 2.45) is 11.3 Å². The first-order valence-corrected chi connectivity index (χ1v) is 10.8. The maximum absolute atomic E-state index is 11.8. The Hall–Kier alpha value is -3.81. The molecule has 0 bridgehead atoms. The minimum Gasteiger partial charge on any atom is -0.493 e. The summed E-state index contributed by atoms with van der Waals surface area (Å²) in [6.07, 6.45) is -0.767. The average Bonchev–Trinajstić information content (AvgIpc) is 2.83. The van der Waals surface area contributed by atoms with Crippen molar-refractivity contribution < 1.29 is 38.1 Å². The maximum Gasteiger partial charge on any atom is 0.508 e. The smallest absolute Gasteiger partial charge is 0.493 e. The van der Waals surface area contributed by atoms with Gasteiger partial charge < -0.3 is 23.7 Å². The Morgan fingerprint density at radius 2 is 1.47 bits per heavy atom. The summed E-state index contributed by atoms with van der Waals surface area (Å²) in [6.45, 7) is 8.75. The van der Waals surface area contributed by atoms with Gasteiger partial charge in [0.2, 0.25) is 0 Å². The van der Waals surface area contributed by atoms with Gasteiger partial charge in [-0.3, -0.25) is 4.79 Å². The van der Waals surface area contributed by atoms with Crippen molar-refractivity contribution in [2.45, 2.75) is 20.8 Å². The van der Waals surface area contributed by atoms with Crippen molar-refractivity contribution in [1.82, 2.24) is 0 Å². The standard InChI is InChI=1S/C26H28O8/c1-17(2)23(27)31-14-26(15-32-25(29)33-16-26)13-30-21-9-5-19(6-10-21)20-7-11-22(12-8-20)34-24(28)18(3)4/h5-12,18H,1,13-16H2,2-4H3. The summed E-state index contributed by atoms with van der Waals surface area (Å²) >= 11 is 0. The topological polar surface area (TPSA) is 97.4 Å². The van der Waals surface area contributed by atoms with Crippen molar-refractivity contribution in [3.8, 4) is 22.6 Å². The zero-order valence-electron chi connectivity index (χ0n) is 19.5. The molecule has 1 aliphatic heterocycles. The van der Waals surface area contributed by atoms with Crippen LogP contribution in [0.3, 0.4) is 0 Å². The summed E-state index contributed by atoms with van der Waals surface area (Å²) in [5.74, 6) is 0.0751. The minimum absolute atomic E-state index is 0.00111. The summed E-state index contributed by atoms with van der Waals surface area (Å²) in [4.78, 5) is 34.8. The van der Waals surface area contributed by atoms with Gasteiger partial charge in [-0.2, -0.15) is 0 Å². The summed E-state index contributed by atoms with van der Waals surface area (Å²) in [7, 11) is 0. The van der Waals surface area contributed by atoms with Crippen LogP contribution in [0.1, 0.15) is 20.8 Å². The van der Waals surface area contributed by atoms with Crippen LogP contribution in [0.4, 0.5) is 4.79 Å². The summed E-state index contributed by atoms with van der Waals surface area (Å²) < 4.78 is 26.5. The number of hydrogen-bond donors (Lipinski definition) is 0. The SMILES string of the molecule is C=C(C)C(=O)OCC1(COc2ccc(-c3ccc(OC(=O)C(C)C)cc3)cc2)COC(=O)OC1. The monoisotopic (exact) mass is 468 g/mol. The predicted octanol–water partition coefficient (Wildman–Crippen LogP) is 4.57. The van der Waals surface area contributed by atoms with Crippen LogP contribution in [0, 0.1) is 11.3 Å². The highest BCUT2D eigenvalue weighted by Crippen LogP contribution is 2.28. The van der Waals surface area contributed by atoms with E-state index in [1.54, 1.807) is 32.9 Å². The Morgan fingerprint density at radius 1 is 0.941 bits per heavy atom. The van der Waals surface area contributed by atoms with E-state index in [-0.39, 0.29) is 43.9 Å². The highest BCUT2D eigenvalue weighted by molar-refractivity contribution is 5.86. The van der Waals surface area contributed by atoms with Crippen LogP contribution >= 0.6 is 0 Å². The molecule has 0 aliphatic carbocycles. The Morgan fingerprint density at radius 3 is 1.97 bits per heavy atom. The fraction of sp³-hybridized carbons (Fsp3) is 0.346. The molecule has 2 aromatic rings. The number of carbonyl (C=O) groups is 3. The third-order valence-electron chi connectivity index (χ3n) is 5.13.